The lowest BCUT2D eigenvalue weighted by molar-refractivity contribution is -0.386. The van der Waals surface area contributed by atoms with Crippen molar-refractivity contribution in [3.63, 3.8) is 0 Å². The number of benzene rings is 1. The fraction of sp³-hybridized carbons (Fsp3) is 0.455. The van der Waals surface area contributed by atoms with Crippen LogP contribution in [0, 0.1) is 10.1 Å². The maximum absolute atomic E-state index is 12.7. The van der Waals surface area contributed by atoms with Gasteiger partial charge in [-0.15, -0.1) is 0 Å². The lowest BCUT2D eigenvalue weighted by Gasteiger charge is -2.32. The first kappa shape index (κ1) is 15.6. The van der Waals surface area contributed by atoms with Crippen molar-refractivity contribution in [3.05, 3.63) is 28.3 Å². The third kappa shape index (κ3) is 2.83. The fourth-order valence-electron chi connectivity index (χ4n) is 2.23. The molecule has 1 aliphatic rings. The Balaban J connectivity index is 2.57. The SMILES string of the molecule is CC1COCCN1S(=O)(=O)c1cccc(NN)c1[N+](=O)[O-]. The van der Waals surface area contributed by atoms with Crippen LogP contribution in [0.4, 0.5) is 11.4 Å². The molecule has 0 aromatic heterocycles. The van der Waals surface area contributed by atoms with Crippen molar-refractivity contribution in [1.29, 1.82) is 0 Å². The molecule has 0 spiro atoms. The molecule has 0 aliphatic carbocycles. The summed E-state index contributed by atoms with van der Waals surface area (Å²) in [5.74, 6) is 5.22. The van der Waals surface area contributed by atoms with Crippen molar-refractivity contribution in [3.8, 4) is 0 Å². The van der Waals surface area contributed by atoms with Crippen LogP contribution in [0.15, 0.2) is 23.1 Å². The minimum absolute atomic E-state index is 0.0537. The summed E-state index contributed by atoms with van der Waals surface area (Å²) in [7, 11) is -4.00. The first-order valence-corrected chi connectivity index (χ1v) is 7.67. The van der Waals surface area contributed by atoms with E-state index in [0.717, 1.165) is 0 Å². The van der Waals surface area contributed by atoms with Gasteiger partial charge in [0.05, 0.1) is 18.1 Å². The van der Waals surface area contributed by atoms with Gasteiger partial charge < -0.3 is 10.2 Å². The lowest BCUT2D eigenvalue weighted by Crippen LogP contribution is -2.47. The van der Waals surface area contributed by atoms with Gasteiger partial charge in [-0.25, -0.2) is 8.42 Å². The van der Waals surface area contributed by atoms with Gasteiger partial charge >= 0.3 is 5.69 Å². The second-order valence-corrected chi connectivity index (χ2v) is 6.45. The van der Waals surface area contributed by atoms with Gasteiger partial charge in [0.15, 0.2) is 4.90 Å². The molecule has 1 aromatic carbocycles. The van der Waals surface area contributed by atoms with Gasteiger partial charge in [-0.05, 0) is 19.1 Å². The number of nitrogens with two attached hydrogens (primary N) is 1. The Bertz CT molecular complexity index is 648. The van der Waals surface area contributed by atoms with E-state index in [2.05, 4.69) is 5.43 Å². The maximum Gasteiger partial charge on any atom is 0.313 e. The van der Waals surface area contributed by atoms with E-state index in [9.17, 15) is 18.5 Å². The molecule has 2 rings (SSSR count). The number of hydrazine groups is 1. The number of nitrogen functional groups attached to an aromatic ring is 1. The molecule has 1 atom stereocenters. The van der Waals surface area contributed by atoms with E-state index in [-0.39, 0.29) is 30.3 Å². The quantitative estimate of drug-likeness (QED) is 0.464. The van der Waals surface area contributed by atoms with Gasteiger partial charge in [-0.2, -0.15) is 4.31 Å². The smallest absolute Gasteiger partial charge is 0.313 e. The standard InChI is InChI=1S/C11H16N4O5S/c1-8-7-20-6-5-14(8)21(18,19)10-4-2-3-9(13-12)11(10)15(16)17/h2-4,8,13H,5-7,12H2,1H3. The van der Waals surface area contributed by atoms with Crippen LogP contribution in [-0.2, 0) is 14.8 Å². The van der Waals surface area contributed by atoms with Gasteiger partial charge in [-0.3, -0.25) is 16.0 Å². The predicted molar refractivity (Wildman–Crippen MR) is 75.1 cm³/mol. The van der Waals surface area contributed by atoms with Crippen molar-refractivity contribution in [1.82, 2.24) is 4.31 Å². The summed E-state index contributed by atoms with van der Waals surface area (Å²) < 4.78 is 31.8. The van der Waals surface area contributed by atoms with E-state index in [1.807, 2.05) is 0 Å². The number of sulfonamides is 1. The number of nitro benzene ring substituents is 1. The van der Waals surface area contributed by atoms with Crippen molar-refractivity contribution in [2.75, 3.05) is 25.2 Å². The molecule has 10 heteroatoms. The normalized spacial score (nSPS) is 20.2. The van der Waals surface area contributed by atoms with Gasteiger partial charge in [0.25, 0.3) is 0 Å². The van der Waals surface area contributed by atoms with E-state index in [0.29, 0.717) is 0 Å². The average molecular weight is 316 g/mol. The lowest BCUT2D eigenvalue weighted by atomic mass is 10.3. The molecule has 1 fully saturated rings. The summed E-state index contributed by atoms with van der Waals surface area (Å²) in [4.78, 5) is 10.1. The summed E-state index contributed by atoms with van der Waals surface area (Å²) in [5, 5.41) is 11.2. The summed E-state index contributed by atoms with van der Waals surface area (Å²) >= 11 is 0. The largest absolute Gasteiger partial charge is 0.378 e. The topological polar surface area (TPSA) is 128 Å². The summed E-state index contributed by atoms with van der Waals surface area (Å²) in [6, 6.07) is 3.56. The van der Waals surface area contributed by atoms with E-state index in [4.69, 9.17) is 10.6 Å². The van der Waals surface area contributed by atoms with Gasteiger partial charge in [0.1, 0.15) is 5.69 Å². The van der Waals surface area contributed by atoms with Crippen LogP contribution >= 0.6 is 0 Å². The molecular weight excluding hydrogens is 300 g/mol. The molecule has 116 valence electrons. The number of morpholine rings is 1. The minimum atomic E-state index is -4.00. The summed E-state index contributed by atoms with van der Waals surface area (Å²) in [5.41, 5.74) is 1.54. The molecular formula is C11H16N4O5S. The van der Waals surface area contributed by atoms with Crippen LogP contribution < -0.4 is 11.3 Å². The van der Waals surface area contributed by atoms with E-state index in [1.165, 1.54) is 22.5 Å². The molecule has 1 aromatic rings. The van der Waals surface area contributed by atoms with Crippen molar-refractivity contribution < 1.29 is 18.1 Å². The average Bonchev–Trinajstić information content (AvgIpc) is 2.46. The first-order chi connectivity index (χ1) is 9.89. The van der Waals surface area contributed by atoms with Crippen molar-refractivity contribution in [2.24, 2.45) is 5.84 Å². The predicted octanol–water partition coefficient (Wildman–Crippen LogP) is 0.290. The Kier molecular flexibility index (Phi) is 4.42. The molecule has 0 saturated carbocycles. The van der Waals surface area contributed by atoms with Gasteiger partial charge in [0, 0.05) is 12.6 Å². The zero-order valence-corrected chi connectivity index (χ0v) is 12.2. The Morgan fingerprint density at radius 2 is 2.24 bits per heavy atom. The molecule has 21 heavy (non-hydrogen) atoms. The van der Waals surface area contributed by atoms with Crippen LogP contribution in [0.1, 0.15) is 6.92 Å². The third-order valence-electron chi connectivity index (χ3n) is 3.23. The second kappa shape index (κ2) is 5.93. The number of hydrogen-bond acceptors (Lipinski definition) is 7. The van der Waals surface area contributed by atoms with Crippen molar-refractivity contribution >= 4 is 21.4 Å². The molecule has 1 aliphatic heterocycles. The zero-order valence-electron chi connectivity index (χ0n) is 11.4. The molecule has 3 N–H and O–H groups in total. The summed E-state index contributed by atoms with van der Waals surface area (Å²) in [6.07, 6.45) is 0. The Morgan fingerprint density at radius 3 is 2.81 bits per heavy atom. The molecule has 0 amide bonds. The van der Waals surface area contributed by atoms with Crippen LogP contribution in [-0.4, -0.2) is 43.4 Å². The molecule has 9 nitrogen and oxygen atoms in total. The Labute approximate surface area is 121 Å². The minimum Gasteiger partial charge on any atom is -0.378 e. The number of nitrogens with one attached hydrogen (secondary N) is 1. The van der Waals surface area contributed by atoms with Crippen molar-refractivity contribution in [2.45, 2.75) is 17.9 Å². The number of anilines is 1. The summed E-state index contributed by atoms with van der Waals surface area (Å²) in [6.45, 7) is 2.35. The highest BCUT2D eigenvalue weighted by Gasteiger charge is 2.37. The van der Waals surface area contributed by atoms with Crippen LogP contribution in [0.2, 0.25) is 0 Å². The molecule has 1 unspecified atom stereocenters. The first-order valence-electron chi connectivity index (χ1n) is 6.23. The zero-order chi connectivity index (χ0) is 15.6. The van der Waals surface area contributed by atoms with Crippen LogP contribution in [0.25, 0.3) is 0 Å². The van der Waals surface area contributed by atoms with Gasteiger partial charge in [0.2, 0.25) is 10.0 Å². The highest BCUT2D eigenvalue weighted by Crippen LogP contribution is 2.34. The highest BCUT2D eigenvalue weighted by atomic mass is 32.2. The fourth-order valence-corrected chi connectivity index (χ4v) is 4.01. The Hall–Kier alpha value is -1.75. The number of para-hydroxylation sites is 1. The molecule has 0 radical (unpaired) electrons. The molecule has 1 saturated heterocycles. The number of hydrogen-bond donors (Lipinski definition) is 2. The monoisotopic (exact) mass is 316 g/mol. The number of nitro groups is 1. The van der Waals surface area contributed by atoms with E-state index >= 15 is 0 Å². The Morgan fingerprint density at radius 1 is 1.52 bits per heavy atom. The molecule has 1 heterocycles. The van der Waals surface area contributed by atoms with Crippen LogP contribution in [0.3, 0.4) is 0 Å². The number of rotatable bonds is 4. The highest BCUT2D eigenvalue weighted by molar-refractivity contribution is 7.89. The van der Waals surface area contributed by atoms with Gasteiger partial charge in [-0.1, -0.05) is 6.07 Å². The molecule has 0 bridgehead atoms. The maximum atomic E-state index is 12.7. The third-order valence-corrected chi connectivity index (χ3v) is 5.28. The number of ether oxygens (including phenoxy) is 1. The van der Waals surface area contributed by atoms with Crippen LogP contribution in [0.5, 0.6) is 0 Å². The second-order valence-electron chi connectivity index (χ2n) is 4.59. The van der Waals surface area contributed by atoms with E-state index in [1.54, 1.807) is 6.92 Å². The van der Waals surface area contributed by atoms with E-state index < -0.39 is 26.7 Å². The number of nitrogens with zero attached hydrogens (tertiary/aromatic N) is 2.